The van der Waals surface area contributed by atoms with E-state index in [4.69, 9.17) is 4.18 Å². The number of carbonyl (C=O) groups is 2. The van der Waals surface area contributed by atoms with Crippen LogP contribution in [-0.2, 0) is 24.2 Å². The second-order valence-corrected chi connectivity index (χ2v) is 15.1. The van der Waals surface area contributed by atoms with Gasteiger partial charge in [0.25, 0.3) is 0 Å². The summed E-state index contributed by atoms with van der Waals surface area (Å²) >= 11 is 0. The zero-order valence-corrected chi connectivity index (χ0v) is 31.2. The molecule has 0 saturated heterocycles. The summed E-state index contributed by atoms with van der Waals surface area (Å²) in [7, 11) is -4.82. The molecule has 2 N–H and O–H groups in total. The minimum atomic E-state index is -4.82. The van der Waals surface area contributed by atoms with E-state index in [1.165, 1.54) is 122 Å². The molecule has 0 saturated carbocycles. The average molecular weight is 675 g/mol. The van der Waals surface area contributed by atoms with Gasteiger partial charge in [-0.25, -0.2) is 4.18 Å². The highest BCUT2D eigenvalue weighted by atomic mass is 32.3. The van der Waals surface area contributed by atoms with Gasteiger partial charge in [-0.05, 0) is 26.2 Å². The standard InChI is InChI=1S/C38H74O7S/c1-4-6-8-10-12-14-16-18-20-22-24-26-28-30-36(40)35(34-38(3,32-33-39)45-46(42,43)44)37(41)31-29-27-25-23-21-19-17-15-13-11-9-7-5-2/h35,39H,4-34H2,1-3H3,(H,42,43,44). The molecule has 0 aliphatic heterocycles. The summed E-state index contributed by atoms with van der Waals surface area (Å²) in [4.78, 5) is 26.6. The molecule has 0 aromatic heterocycles. The van der Waals surface area contributed by atoms with Gasteiger partial charge in [-0.2, -0.15) is 8.42 Å². The number of aliphatic hydroxyl groups is 1. The summed E-state index contributed by atoms with van der Waals surface area (Å²) < 4.78 is 37.3. The van der Waals surface area contributed by atoms with Crippen molar-refractivity contribution in [2.45, 2.75) is 219 Å². The first-order valence-corrected chi connectivity index (χ1v) is 20.8. The Labute approximate surface area is 284 Å². The second-order valence-electron chi connectivity index (χ2n) is 14.1. The predicted octanol–water partition coefficient (Wildman–Crippen LogP) is 11.1. The van der Waals surface area contributed by atoms with Crippen LogP contribution in [0.15, 0.2) is 0 Å². The normalized spacial score (nSPS) is 13.3. The van der Waals surface area contributed by atoms with E-state index in [1.807, 2.05) is 0 Å². The van der Waals surface area contributed by atoms with Crippen LogP contribution >= 0.6 is 0 Å². The molecule has 0 rings (SSSR count). The van der Waals surface area contributed by atoms with E-state index < -0.39 is 28.5 Å². The monoisotopic (exact) mass is 675 g/mol. The van der Waals surface area contributed by atoms with Crippen LogP contribution in [0.3, 0.4) is 0 Å². The lowest BCUT2D eigenvalue weighted by Crippen LogP contribution is -2.39. The maximum Gasteiger partial charge on any atom is 0.397 e. The molecule has 46 heavy (non-hydrogen) atoms. The lowest BCUT2D eigenvalue weighted by atomic mass is 9.81. The highest BCUT2D eigenvalue weighted by Gasteiger charge is 2.38. The van der Waals surface area contributed by atoms with Gasteiger partial charge in [0.15, 0.2) is 0 Å². The van der Waals surface area contributed by atoms with Crippen molar-refractivity contribution in [1.82, 2.24) is 0 Å². The quantitative estimate of drug-likeness (QED) is 0.0385. The number of rotatable bonds is 36. The Bertz CT molecular complexity index is 787. The van der Waals surface area contributed by atoms with Gasteiger partial charge in [0.05, 0.1) is 11.5 Å². The molecule has 0 radical (unpaired) electrons. The Hall–Kier alpha value is -0.830. The van der Waals surface area contributed by atoms with Crippen LogP contribution in [-0.4, -0.2) is 41.9 Å². The Morgan fingerprint density at radius 1 is 0.565 bits per heavy atom. The predicted molar refractivity (Wildman–Crippen MR) is 191 cm³/mol. The number of aliphatic hydroxyl groups excluding tert-OH is 1. The summed E-state index contributed by atoms with van der Waals surface area (Å²) in [6.45, 7) is 5.53. The van der Waals surface area contributed by atoms with Crippen LogP contribution in [0.1, 0.15) is 213 Å². The van der Waals surface area contributed by atoms with Crippen LogP contribution in [0.4, 0.5) is 0 Å². The average Bonchev–Trinajstić information content (AvgIpc) is 2.99. The molecule has 0 aromatic rings. The third-order valence-electron chi connectivity index (χ3n) is 9.41. The summed E-state index contributed by atoms with van der Waals surface area (Å²) in [6.07, 6.45) is 31.5. The van der Waals surface area contributed by atoms with Crippen LogP contribution < -0.4 is 0 Å². The molecular weight excluding hydrogens is 600 g/mol. The third-order valence-corrected chi connectivity index (χ3v) is 10.0. The number of hydrogen-bond donors (Lipinski definition) is 2. The summed E-state index contributed by atoms with van der Waals surface area (Å²) in [5.74, 6) is -1.37. The number of hydrogen-bond acceptors (Lipinski definition) is 6. The summed E-state index contributed by atoms with van der Waals surface area (Å²) in [5.41, 5.74) is -1.54. The van der Waals surface area contributed by atoms with Crippen LogP contribution in [0, 0.1) is 5.92 Å². The number of Topliss-reactive ketones (excluding diaryl/α,β-unsaturated/α-hetero) is 2. The van der Waals surface area contributed by atoms with Gasteiger partial charge in [0, 0.05) is 25.9 Å². The zero-order valence-electron chi connectivity index (χ0n) is 30.3. The van der Waals surface area contributed by atoms with Gasteiger partial charge in [-0.3, -0.25) is 14.1 Å². The number of carbonyl (C=O) groups excluding carboxylic acids is 2. The molecule has 0 spiro atoms. The van der Waals surface area contributed by atoms with Crippen molar-refractivity contribution in [1.29, 1.82) is 0 Å². The Kier molecular flexibility index (Phi) is 29.7. The zero-order chi connectivity index (χ0) is 34.4. The van der Waals surface area contributed by atoms with E-state index in [0.717, 1.165) is 38.5 Å². The van der Waals surface area contributed by atoms with Crippen molar-refractivity contribution < 1.29 is 31.8 Å². The number of ketones is 2. The molecular formula is C38H74O7S. The lowest BCUT2D eigenvalue weighted by Gasteiger charge is -2.30. The van der Waals surface area contributed by atoms with Gasteiger partial charge in [0.2, 0.25) is 0 Å². The van der Waals surface area contributed by atoms with E-state index in [0.29, 0.717) is 12.8 Å². The topological polar surface area (TPSA) is 118 Å². The lowest BCUT2D eigenvalue weighted by molar-refractivity contribution is -0.135. The van der Waals surface area contributed by atoms with Crippen molar-refractivity contribution in [3.05, 3.63) is 0 Å². The van der Waals surface area contributed by atoms with Gasteiger partial charge < -0.3 is 5.11 Å². The molecule has 8 heteroatoms. The first kappa shape index (κ1) is 45.2. The van der Waals surface area contributed by atoms with Gasteiger partial charge in [0.1, 0.15) is 11.6 Å². The van der Waals surface area contributed by atoms with E-state index in [-0.39, 0.29) is 37.2 Å². The minimum Gasteiger partial charge on any atom is -0.396 e. The molecule has 7 nitrogen and oxygen atoms in total. The van der Waals surface area contributed by atoms with Gasteiger partial charge >= 0.3 is 10.4 Å². The smallest absolute Gasteiger partial charge is 0.396 e. The van der Waals surface area contributed by atoms with Crippen molar-refractivity contribution in [3.63, 3.8) is 0 Å². The largest absolute Gasteiger partial charge is 0.397 e. The Balaban J connectivity index is 4.58. The van der Waals surface area contributed by atoms with E-state index >= 15 is 0 Å². The van der Waals surface area contributed by atoms with Gasteiger partial charge in [-0.1, -0.05) is 168 Å². The van der Waals surface area contributed by atoms with Crippen LogP contribution in [0.2, 0.25) is 0 Å². The Morgan fingerprint density at radius 2 is 0.848 bits per heavy atom. The maximum atomic E-state index is 13.3. The summed E-state index contributed by atoms with van der Waals surface area (Å²) in [6, 6.07) is 0. The van der Waals surface area contributed by atoms with E-state index in [1.54, 1.807) is 0 Å². The van der Waals surface area contributed by atoms with Crippen molar-refractivity contribution >= 4 is 22.0 Å². The molecule has 0 bridgehead atoms. The Morgan fingerprint density at radius 3 is 1.11 bits per heavy atom. The van der Waals surface area contributed by atoms with Crippen LogP contribution in [0.5, 0.6) is 0 Å². The van der Waals surface area contributed by atoms with Gasteiger partial charge in [-0.15, -0.1) is 0 Å². The second kappa shape index (κ2) is 30.2. The fourth-order valence-corrected chi connectivity index (χ4v) is 7.15. The molecule has 0 fully saturated rings. The molecule has 1 unspecified atom stereocenters. The van der Waals surface area contributed by atoms with E-state index in [9.17, 15) is 27.7 Å². The highest BCUT2D eigenvalue weighted by Crippen LogP contribution is 2.30. The highest BCUT2D eigenvalue weighted by molar-refractivity contribution is 7.80. The molecule has 274 valence electrons. The molecule has 0 aliphatic rings. The number of unbranched alkanes of at least 4 members (excludes halogenated alkanes) is 24. The maximum absolute atomic E-state index is 13.3. The summed E-state index contributed by atoms with van der Waals surface area (Å²) in [5, 5.41) is 9.53. The first-order chi connectivity index (χ1) is 22.1. The molecule has 0 aliphatic carbocycles. The fraction of sp³-hybridized carbons (Fsp3) is 0.947. The minimum absolute atomic E-state index is 0.110. The van der Waals surface area contributed by atoms with Crippen LogP contribution in [0.25, 0.3) is 0 Å². The fourth-order valence-electron chi connectivity index (χ4n) is 6.49. The molecule has 1 atom stereocenters. The molecule has 0 heterocycles. The van der Waals surface area contributed by atoms with E-state index in [2.05, 4.69) is 13.8 Å². The van der Waals surface area contributed by atoms with Crippen molar-refractivity contribution in [3.8, 4) is 0 Å². The van der Waals surface area contributed by atoms with Crippen molar-refractivity contribution in [2.24, 2.45) is 5.92 Å². The van der Waals surface area contributed by atoms with Crippen molar-refractivity contribution in [2.75, 3.05) is 6.61 Å². The SMILES string of the molecule is CCCCCCCCCCCCCCCC(=O)C(CC(C)(CCO)OS(=O)(=O)O)C(=O)CCCCCCCCCCCCCCC. The molecule has 0 aromatic carbocycles. The third kappa shape index (κ3) is 28.2. The first-order valence-electron chi connectivity index (χ1n) is 19.4. The molecule has 0 amide bonds.